The van der Waals surface area contributed by atoms with Crippen molar-refractivity contribution in [3.05, 3.63) is 87.9 Å². The van der Waals surface area contributed by atoms with Gasteiger partial charge in [-0.3, -0.25) is 14.9 Å². The summed E-state index contributed by atoms with van der Waals surface area (Å²) in [5.41, 5.74) is 3.55. The van der Waals surface area contributed by atoms with Crippen molar-refractivity contribution in [3.8, 4) is 11.5 Å². The summed E-state index contributed by atoms with van der Waals surface area (Å²) in [7, 11) is 0. The Labute approximate surface area is 220 Å². The Morgan fingerprint density at radius 1 is 1.08 bits per heavy atom. The number of carbonyl (C=O) groups is 2. The molecule has 0 spiro atoms. The third-order valence-corrected chi connectivity index (χ3v) is 5.49. The highest BCUT2D eigenvalue weighted by Gasteiger charge is 2.27. The van der Waals surface area contributed by atoms with Crippen molar-refractivity contribution in [2.24, 2.45) is 10.5 Å². The highest BCUT2D eigenvalue weighted by atomic mass is 16.6. The standard InChI is InChI=1S/C28H31N3O7/c1-27(2,3)18-28(4,5)20-9-11-21(12-10-20)37-17-25(32)30-29-16-19-8-13-23(22(15-19)31(34)35)38-26(33)24-7-6-14-36-24/h6-16H,17-18H2,1-5H3,(H,30,32). The molecule has 200 valence electrons. The van der Waals surface area contributed by atoms with E-state index in [1.807, 2.05) is 24.3 Å². The number of hydrazone groups is 1. The van der Waals surface area contributed by atoms with E-state index in [0.717, 1.165) is 6.42 Å². The molecule has 3 rings (SSSR count). The molecule has 1 heterocycles. The van der Waals surface area contributed by atoms with E-state index in [2.05, 4.69) is 45.1 Å². The van der Waals surface area contributed by atoms with Crippen LogP contribution in [-0.4, -0.2) is 29.6 Å². The van der Waals surface area contributed by atoms with Crippen molar-refractivity contribution in [1.82, 2.24) is 5.43 Å². The molecule has 1 aromatic heterocycles. The fraction of sp³-hybridized carbons (Fsp3) is 0.321. The third-order valence-electron chi connectivity index (χ3n) is 5.49. The summed E-state index contributed by atoms with van der Waals surface area (Å²) in [6.07, 6.45) is 3.53. The van der Waals surface area contributed by atoms with Gasteiger partial charge in [-0.25, -0.2) is 10.2 Å². The van der Waals surface area contributed by atoms with Gasteiger partial charge in [0.25, 0.3) is 5.91 Å². The second-order valence-corrected chi connectivity index (χ2v) is 10.6. The molecule has 0 fully saturated rings. The van der Waals surface area contributed by atoms with Crippen LogP contribution >= 0.6 is 0 Å². The molecule has 0 bridgehead atoms. The monoisotopic (exact) mass is 521 g/mol. The molecule has 1 amide bonds. The molecule has 10 nitrogen and oxygen atoms in total. The molecule has 3 aromatic rings. The van der Waals surface area contributed by atoms with Crippen LogP contribution < -0.4 is 14.9 Å². The molecule has 0 saturated heterocycles. The van der Waals surface area contributed by atoms with E-state index in [0.29, 0.717) is 11.3 Å². The molecule has 0 unspecified atom stereocenters. The van der Waals surface area contributed by atoms with Crippen LogP contribution in [0.1, 0.15) is 62.7 Å². The van der Waals surface area contributed by atoms with Gasteiger partial charge in [0, 0.05) is 11.6 Å². The van der Waals surface area contributed by atoms with Gasteiger partial charge in [-0.15, -0.1) is 0 Å². The quantitative estimate of drug-likeness (QED) is 0.120. The van der Waals surface area contributed by atoms with Crippen LogP contribution in [0.3, 0.4) is 0 Å². The second kappa shape index (κ2) is 11.7. The van der Waals surface area contributed by atoms with Gasteiger partial charge >= 0.3 is 11.7 Å². The van der Waals surface area contributed by atoms with Gasteiger partial charge in [-0.1, -0.05) is 46.8 Å². The van der Waals surface area contributed by atoms with E-state index >= 15 is 0 Å². The normalized spacial score (nSPS) is 11.8. The molecule has 2 aromatic carbocycles. The molecule has 1 N–H and O–H groups in total. The van der Waals surface area contributed by atoms with Crippen LogP contribution in [0.15, 0.2) is 70.4 Å². The Morgan fingerprint density at radius 3 is 2.39 bits per heavy atom. The summed E-state index contributed by atoms with van der Waals surface area (Å²) in [6.45, 7) is 10.8. The Balaban J connectivity index is 1.54. The number of nitro groups is 1. The second-order valence-electron chi connectivity index (χ2n) is 10.6. The van der Waals surface area contributed by atoms with Crippen molar-refractivity contribution in [2.45, 2.75) is 46.5 Å². The van der Waals surface area contributed by atoms with Crippen molar-refractivity contribution in [1.29, 1.82) is 0 Å². The number of nitro benzene ring substituents is 1. The number of rotatable bonds is 10. The number of benzene rings is 2. The first-order valence-electron chi connectivity index (χ1n) is 11.9. The molecule has 0 radical (unpaired) electrons. The minimum atomic E-state index is -0.866. The molecule has 0 aliphatic heterocycles. The number of amides is 1. The van der Waals surface area contributed by atoms with Gasteiger partial charge < -0.3 is 13.9 Å². The number of hydrogen-bond acceptors (Lipinski definition) is 8. The Morgan fingerprint density at radius 2 is 1.79 bits per heavy atom. The van der Waals surface area contributed by atoms with E-state index in [9.17, 15) is 19.7 Å². The smallest absolute Gasteiger partial charge is 0.379 e. The average molecular weight is 522 g/mol. The van der Waals surface area contributed by atoms with E-state index in [1.165, 1.54) is 48.4 Å². The van der Waals surface area contributed by atoms with E-state index in [1.54, 1.807) is 0 Å². The summed E-state index contributed by atoms with van der Waals surface area (Å²) >= 11 is 0. The van der Waals surface area contributed by atoms with Crippen molar-refractivity contribution < 1.29 is 28.4 Å². The van der Waals surface area contributed by atoms with Crippen molar-refractivity contribution in [2.75, 3.05) is 6.61 Å². The van der Waals surface area contributed by atoms with Crippen LogP contribution in [0, 0.1) is 15.5 Å². The Hall–Kier alpha value is -4.47. The van der Waals surface area contributed by atoms with Crippen LogP contribution in [0.2, 0.25) is 0 Å². The molecule has 10 heteroatoms. The number of furan rings is 1. The number of nitrogens with one attached hydrogen (secondary N) is 1. The number of hydrogen-bond donors (Lipinski definition) is 1. The predicted octanol–water partition coefficient (Wildman–Crippen LogP) is 5.65. The number of carbonyl (C=O) groups excluding carboxylic acids is 2. The molecular formula is C28H31N3O7. The Kier molecular flexibility index (Phi) is 8.67. The summed E-state index contributed by atoms with van der Waals surface area (Å²) in [6, 6.07) is 14.4. The minimum Gasteiger partial charge on any atom is -0.484 e. The van der Waals surface area contributed by atoms with Gasteiger partial charge in [0.2, 0.25) is 11.5 Å². The number of ether oxygens (including phenoxy) is 2. The van der Waals surface area contributed by atoms with Crippen LogP contribution in [0.5, 0.6) is 11.5 Å². The zero-order valence-corrected chi connectivity index (χ0v) is 22.0. The van der Waals surface area contributed by atoms with Crippen LogP contribution in [0.25, 0.3) is 0 Å². The molecule has 0 aliphatic carbocycles. The summed E-state index contributed by atoms with van der Waals surface area (Å²) in [5.74, 6) is -1.16. The molecule has 38 heavy (non-hydrogen) atoms. The van der Waals surface area contributed by atoms with Gasteiger partial charge in [0.15, 0.2) is 6.61 Å². The van der Waals surface area contributed by atoms with E-state index in [4.69, 9.17) is 13.9 Å². The maximum absolute atomic E-state index is 12.1. The van der Waals surface area contributed by atoms with E-state index in [-0.39, 0.29) is 28.9 Å². The van der Waals surface area contributed by atoms with Gasteiger partial charge in [0.05, 0.1) is 17.4 Å². The lowest BCUT2D eigenvalue weighted by Gasteiger charge is -2.33. The Bertz CT molecular complexity index is 1310. The van der Waals surface area contributed by atoms with Gasteiger partial charge in [0.1, 0.15) is 5.75 Å². The topological polar surface area (TPSA) is 133 Å². The fourth-order valence-corrected chi connectivity index (χ4v) is 4.18. The maximum Gasteiger partial charge on any atom is 0.379 e. The van der Waals surface area contributed by atoms with Crippen molar-refractivity contribution in [3.63, 3.8) is 0 Å². The first kappa shape index (κ1) is 28.1. The third kappa shape index (κ3) is 8.02. The number of nitrogens with zero attached hydrogens (tertiary/aromatic N) is 2. The minimum absolute atomic E-state index is 0.00276. The zero-order chi connectivity index (χ0) is 27.9. The number of esters is 1. The summed E-state index contributed by atoms with van der Waals surface area (Å²) in [5, 5.41) is 15.3. The first-order chi connectivity index (χ1) is 17.8. The largest absolute Gasteiger partial charge is 0.484 e. The predicted molar refractivity (Wildman–Crippen MR) is 142 cm³/mol. The van der Waals surface area contributed by atoms with Crippen LogP contribution in [0.4, 0.5) is 5.69 Å². The lowest BCUT2D eigenvalue weighted by atomic mass is 9.72. The highest BCUT2D eigenvalue weighted by Crippen LogP contribution is 2.36. The van der Waals surface area contributed by atoms with Crippen LogP contribution in [-0.2, 0) is 10.2 Å². The molecule has 0 saturated carbocycles. The summed E-state index contributed by atoms with van der Waals surface area (Å²) < 4.78 is 15.5. The SMILES string of the molecule is CC(C)(C)CC(C)(C)c1ccc(OCC(=O)NN=Cc2ccc(OC(=O)c3ccco3)c([N+](=O)[O-])c2)cc1. The van der Waals surface area contributed by atoms with E-state index < -0.39 is 22.5 Å². The van der Waals surface area contributed by atoms with Gasteiger partial charge in [-0.05, 0) is 59.2 Å². The zero-order valence-electron chi connectivity index (χ0n) is 22.0. The maximum atomic E-state index is 12.1. The lowest BCUT2D eigenvalue weighted by molar-refractivity contribution is -0.385. The fourth-order valence-electron chi connectivity index (χ4n) is 4.18. The first-order valence-corrected chi connectivity index (χ1v) is 11.9. The highest BCUT2D eigenvalue weighted by molar-refractivity contribution is 5.89. The van der Waals surface area contributed by atoms with Gasteiger partial charge in [-0.2, -0.15) is 5.10 Å². The molecule has 0 atom stereocenters. The lowest BCUT2D eigenvalue weighted by Crippen LogP contribution is -2.25. The average Bonchev–Trinajstić information content (AvgIpc) is 3.37. The molecular weight excluding hydrogens is 490 g/mol. The summed E-state index contributed by atoms with van der Waals surface area (Å²) in [4.78, 5) is 34.9. The van der Waals surface area contributed by atoms with Crippen molar-refractivity contribution >= 4 is 23.8 Å². The molecule has 0 aliphatic rings.